The van der Waals surface area contributed by atoms with Gasteiger partial charge in [0.1, 0.15) is 5.75 Å². The number of carbonyl (C=O) groups is 1. The molecule has 2 rings (SSSR count). The van der Waals surface area contributed by atoms with Crippen molar-refractivity contribution in [2.45, 2.75) is 53.2 Å². The zero-order chi connectivity index (χ0) is 17.7. The van der Waals surface area contributed by atoms with Crippen LogP contribution in [0.5, 0.6) is 5.75 Å². The number of hydrogen-bond acceptors (Lipinski definition) is 2. The van der Waals surface area contributed by atoms with Crippen molar-refractivity contribution in [3.05, 3.63) is 64.7 Å². The van der Waals surface area contributed by atoms with Gasteiger partial charge in [-0.15, -0.1) is 0 Å². The van der Waals surface area contributed by atoms with E-state index in [0.717, 1.165) is 11.3 Å². The summed E-state index contributed by atoms with van der Waals surface area (Å²) in [5, 5.41) is 3.08. The monoisotopic (exact) mass is 325 g/mol. The molecule has 0 spiro atoms. The van der Waals surface area contributed by atoms with E-state index in [2.05, 4.69) is 37.4 Å². The highest BCUT2D eigenvalue weighted by atomic mass is 16.5. The van der Waals surface area contributed by atoms with Gasteiger partial charge in [0, 0.05) is 0 Å². The summed E-state index contributed by atoms with van der Waals surface area (Å²) in [4.78, 5) is 12.6. The van der Waals surface area contributed by atoms with Crippen LogP contribution in [0, 0.1) is 20.8 Å². The average molecular weight is 325 g/mol. The van der Waals surface area contributed by atoms with Gasteiger partial charge in [0.15, 0.2) is 6.10 Å². The Kier molecular flexibility index (Phi) is 6.02. The van der Waals surface area contributed by atoms with Crippen molar-refractivity contribution < 1.29 is 9.53 Å². The molecular weight excluding hydrogens is 298 g/mol. The smallest absolute Gasteiger partial charge is 0.261 e. The fourth-order valence-corrected chi connectivity index (χ4v) is 2.80. The summed E-state index contributed by atoms with van der Waals surface area (Å²) in [5.74, 6) is 0.646. The molecule has 24 heavy (non-hydrogen) atoms. The zero-order valence-corrected chi connectivity index (χ0v) is 15.2. The lowest BCUT2D eigenvalue weighted by atomic mass is 10.00. The van der Waals surface area contributed by atoms with E-state index < -0.39 is 6.10 Å². The van der Waals surface area contributed by atoms with Crippen molar-refractivity contribution >= 4 is 5.91 Å². The van der Waals surface area contributed by atoms with E-state index >= 15 is 0 Å². The Morgan fingerprint density at radius 3 is 2.25 bits per heavy atom. The van der Waals surface area contributed by atoms with Crippen molar-refractivity contribution in [3.63, 3.8) is 0 Å². The molecule has 1 amide bonds. The first-order valence-electron chi connectivity index (χ1n) is 8.51. The summed E-state index contributed by atoms with van der Waals surface area (Å²) in [6.07, 6.45) is 0.139. The molecule has 0 bridgehead atoms. The highest BCUT2D eigenvalue weighted by molar-refractivity contribution is 5.81. The van der Waals surface area contributed by atoms with Crippen LogP contribution < -0.4 is 10.1 Å². The fraction of sp³-hybridized carbons (Fsp3) is 0.381. The predicted octanol–water partition coefficient (Wildman–Crippen LogP) is 4.65. The SMILES string of the molecule is CC[C@H](Oc1ccc(C)cc1)C(=O)N[C@@H](C)c1ccc(C)cc1C. The van der Waals surface area contributed by atoms with Crippen LogP contribution in [-0.2, 0) is 4.79 Å². The zero-order valence-electron chi connectivity index (χ0n) is 15.2. The molecule has 0 saturated carbocycles. The third-order valence-corrected chi connectivity index (χ3v) is 4.21. The van der Waals surface area contributed by atoms with Gasteiger partial charge in [-0.1, -0.05) is 48.4 Å². The normalized spacial score (nSPS) is 13.2. The molecule has 0 heterocycles. The van der Waals surface area contributed by atoms with Crippen LogP contribution in [0.15, 0.2) is 42.5 Å². The summed E-state index contributed by atoms with van der Waals surface area (Å²) in [6, 6.07) is 14.0. The number of amides is 1. The van der Waals surface area contributed by atoms with Crippen LogP contribution in [0.1, 0.15) is 48.6 Å². The Morgan fingerprint density at radius 2 is 1.67 bits per heavy atom. The van der Waals surface area contributed by atoms with E-state index in [1.165, 1.54) is 16.7 Å². The van der Waals surface area contributed by atoms with E-state index in [-0.39, 0.29) is 11.9 Å². The highest BCUT2D eigenvalue weighted by Crippen LogP contribution is 2.20. The summed E-state index contributed by atoms with van der Waals surface area (Å²) >= 11 is 0. The first-order valence-corrected chi connectivity index (χ1v) is 8.51. The maximum atomic E-state index is 12.6. The van der Waals surface area contributed by atoms with E-state index in [0.29, 0.717) is 6.42 Å². The molecule has 2 aromatic carbocycles. The summed E-state index contributed by atoms with van der Waals surface area (Å²) in [7, 11) is 0. The molecule has 0 aliphatic heterocycles. The molecule has 128 valence electrons. The second-order valence-corrected chi connectivity index (χ2v) is 6.42. The second-order valence-electron chi connectivity index (χ2n) is 6.42. The van der Waals surface area contributed by atoms with Crippen molar-refractivity contribution in [1.82, 2.24) is 5.32 Å². The van der Waals surface area contributed by atoms with Crippen molar-refractivity contribution in [1.29, 1.82) is 0 Å². The Hall–Kier alpha value is -2.29. The van der Waals surface area contributed by atoms with Gasteiger partial charge in [0.2, 0.25) is 0 Å². The van der Waals surface area contributed by atoms with Crippen LogP contribution in [0.3, 0.4) is 0 Å². The van der Waals surface area contributed by atoms with Crippen LogP contribution in [-0.4, -0.2) is 12.0 Å². The Morgan fingerprint density at radius 1 is 1.04 bits per heavy atom. The number of hydrogen-bond donors (Lipinski definition) is 1. The largest absolute Gasteiger partial charge is 0.481 e. The maximum Gasteiger partial charge on any atom is 0.261 e. The average Bonchev–Trinajstić information content (AvgIpc) is 2.54. The number of rotatable bonds is 6. The Bertz CT molecular complexity index is 691. The standard InChI is InChI=1S/C21H27NO2/c1-6-20(24-18-10-7-14(2)8-11-18)21(23)22-17(5)19-12-9-15(3)13-16(19)4/h7-13,17,20H,6H2,1-5H3,(H,22,23)/t17-,20-/m0/s1. The minimum atomic E-state index is -0.485. The molecule has 0 radical (unpaired) electrons. The molecule has 2 aromatic rings. The maximum absolute atomic E-state index is 12.6. The van der Waals surface area contributed by atoms with Gasteiger partial charge in [-0.25, -0.2) is 0 Å². The molecule has 3 nitrogen and oxygen atoms in total. The van der Waals surface area contributed by atoms with E-state index in [9.17, 15) is 4.79 Å². The first kappa shape index (κ1) is 18.1. The highest BCUT2D eigenvalue weighted by Gasteiger charge is 2.21. The van der Waals surface area contributed by atoms with Gasteiger partial charge < -0.3 is 10.1 Å². The van der Waals surface area contributed by atoms with Crippen LogP contribution in [0.25, 0.3) is 0 Å². The molecule has 0 unspecified atom stereocenters. The van der Waals surface area contributed by atoms with Crippen LogP contribution >= 0.6 is 0 Å². The molecule has 0 aliphatic carbocycles. The van der Waals surface area contributed by atoms with Crippen molar-refractivity contribution in [3.8, 4) is 5.75 Å². The predicted molar refractivity (Wildman–Crippen MR) is 98.4 cm³/mol. The molecular formula is C21H27NO2. The van der Waals surface area contributed by atoms with Gasteiger partial charge >= 0.3 is 0 Å². The minimum absolute atomic E-state index is 0.0474. The number of nitrogens with one attached hydrogen (secondary N) is 1. The second kappa shape index (κ2) is 8.00. The number of aryl methyl sites for hydroxylation is 3. The number of benzene rings is 2. The van der Waals surface area contributed by atoms with Gasteiger partial charge in [-0.2, -0.15) is 0 Å². The van der Waals surface area contributed by atoms with E-state index in [4.69, 9.17) is 4.74 Å². The number of ether oxygens (including phenoxy) is 1. The molecule has 3 heteroatoms. The third kappa shape index (κ3) is 4.60. The van der Waals surface area contributed by atoms with Gasteiger partial charge in [-0.05, 0) is 57.4 Å². The van der Waals surface area contributed by atoms with Crippen molar-refractivity contribution in [2.24, 2.45) is 0 Å². The molecule has 0 fully saturated rings. The summed E-state index contributed by atoms with van der Waals surface area (Å²) in [6.45, 7) is 10.1. The lowest BCUT2D eigenvalue weighted by molar-refractivity contribution is -0.128. The molecule has 0 saturated heterocycles. The van der Waals surface area contributed by atoms with Gasteiger partial charge in [0.05, 0.1) is 6.04 Å². The quantitative estimate of drug-likeness (QED) is 0.840. The topological polar surface area (TPSA) is 38.3 Å². The Labute approximate surface area is 145 Å². The van der Waals surface area contributed by atoms with Crippen molar-refractivity contribution in [2.75, 3.05) is 0 Å². The van der Waals surface area contributed by atoms with E-state index in [1.807, 2.05) is 45.0 Å². The fourth-order valence-electron chi connectivity index (χ4n) is 2.80. The summed E-state index contributed by atoms with van der Waals surface area (Å²) in [5.41, 5.74) is 4.72. The number of carbonyl (C=O) groups excluding carboxylic acids is 1. The van der Waals surface area contributed by atoms with Gasteiger partial charge in [-0.3, -0.25) is 4.79 Å². The van der Waals surface area contributed by atoms with Gasteiger partial charge in [0.25, 0.3) is 5.91 Å². The van der Waals surface area contributed by atoms with Crippen LogP contribution in [0.2, 0.25) is 0 Å². The van der Waals surface area contributed by atoms with Crippen LogP contribution in [0.4, 0.5) is 0 Å². The first-order chi connectivity index (χ1) is 11.4. The molecule has 0 aromatic heterocycles. The molecule has 1 N–H and O–H groups in total. The van der Waals surface area contributed by atoms with E-state index in [1.54, 1.807) is 0 Å². The Balaban J connectivity index is 2.04. The third-order valence-electron chi connectivity index (χ3n) is 4.21. The summed E-state index contributed by atoms with van der Waals surface area (Å²) < 4.78 is 5.85. The lowest BCUT2D eigenvalue weighted by Gasteiger charge is -2.22. The molecule has 2 atom stereocenters. The lowest BCUT2D eigenvalue weighted by Crippen LogP contribution is -2.39. The molecule has 0 aliphatic rings. The minimum Gasteiger partial charge on any atom is -0.481 e.